The molecule has 0 aromatic rings. The normalized spacial score (nSPS) is 38.6. The molecule has 2 rings (SSSR count). The Balaban J connectivity index is 2.20. The SMILES string of the molecule is CC1(C)O[C@@H]2[C@H](O1)[C@@H](N=[N+]=[N-])C(O)O[C@@H]2COS(C)(=O)=O. The van der Waals surface area contributed by atoms with Crippen LogP contribution in [0.2, 0.25) is 0 Å². The monoisotopic (exact) mass is 323 g/mol. The smallest absolute Gasteiger partial charge is 0.264 e. The predicted molar refractivity (Wildman–Crippen MR) is 68.4 cm³/mol. The van der Waals surface area contributed by atoms with Gasteiger partial charge in [-0.3, -0.25) is 4.18 Å². The van der Waals surface area contributed by atoms with Crippen molar-refractivity contribution in [3.05, 3.63) is 10.4 Å². The fourth-order valence-corrected chi connectivity index (χ4v) is 2.76. The lowest BCUT2D eigenvalue weighted by atomic mass is 9.98. The Kier molecular flexibility index (Phi) is 4.45. The van der Waals surface area contributed by atoms with E-state index >= 15 is 0 Å². The van der Waals surface area contributed by atoms with Gasteiger partial charge in [-0.15, -0.1) is 0 Å². The maximum atomic E-state index is 11.1. The van der Waals surface area contributed by atoms with Gasteiger partial charge in [0.2, 0.25) is 0 Å². The summed E-state index contributed by atoms with van der Waals surface area (Å²) < 4.78 is 43.3. The highest BCUT2D eigenvalue weighted by atomic mass is 32.2. The van der Waals surface area contributed by atoms with Crippen LogP contribution in [0.3, 0.4) is 0 Å². The second-order valence-electron chi connectivity index (χ2n) is 5.31. The summed E-state index contributed by atoms with van der Waals surface area (Å²) in [5.41, 5.74) is 8.55. The van der Waals surface area contributed by atoms with Crippen LogP contribution in [0.15, 0.2) is 5.11 Å². The van der Waals surface area contributed by atoms with Crippen LogP contribution in [0.4, 0.5) is 0 Å². The zero-order chi connectivity index (χ0) is 15.8. The molecule has 0 bridgehead atoms. The van der Waals surface area contributed by atoms with Crippen molar-refractivity contribution in [1.29, 1.82) is 0 Å². The van der Waals surface area contributed by atoms with Gasteiger partial charge in [-0.1, -0.05) is 5.11 Å². The van der Waals surface area contributed by atoms with E-state index in [1.165, 1.54) is 0 Å². The lowest BCUT2D eigenvalue weighted by Crippen LogP contribution is -2.56. The summed E-state index contributed by atoms with van der Waals surface area (Å²) in [6.07, 6.45) is -2.88. The van der Waals surface area contributed by atoms with Crippen LogP contribution >= 0.6 is 0 Å². The summed E-state index contributed by atoms with van der Waals surface area (Å²) in [5, 5.41) is 13.3. The Morgan fingerprint density at radius 3 is 2.57 bits per heavy atom. The molecular weight excluding hydrogens is 306 g/mol. The molecule has 0 aromatic carbocycles. The highest BCUT2D eigenvalue weighted by Gasteiger charge is 2.54. The average molecular weight is 323 g/mol. The first-order valence-corrected chi connectivity index (χ1v) is 8.02. The van der Waals surface area contributed by atoms with Crippen LogP contribution < -0.4 is 0 Å². The molecule has 0 spiro atoms. The number of azide groups is 1. The van der Waals surface area contributed by atoms with Crippen LogP contribution in [-0.2, 0) is 28.5 Å². The topological polar surface area (TPSA) is 140 Å². The summed E-state index contributed by atoms with van der Waals surface area (Å²) in [6, 6.07) is -0.990. The first-order chi connectivity index (χ1) is 9.63. The van der Waals surface area contributed by atoms with Crippen molar-refractivity contribution in [2.75, 3.05) is 12.9 Å². The van der Waals surface area contributed by atoms with Crippen molar-refractivity contribution >= 4 is 10.1 Å². The molecule has 2 heterocycles. The number of fused-ring (bicyclic) bond motifs is 1. The summed E-state index contributed by atoms with van der Waals surface area (Å²) >= 11 is 0. The third kappa shape index (κ3) is 3.83. The lowest BCUT2D eigenvalue weighted by Gasteiger charge is -2.37. The number of ether oxygens (including phenoxy) is 3. The van der Waals surface area contributed by atoms with Crippen molar-refractivity contribution in [3.8, 4) is 0 Å². The first-order valence-electron chi connectivity index (χ1n) is 6.21. The van der Waals surface area contributed by atoms with E-state index in [1.807, 2.05) is 0 Å². The number of nitrogens with zero attached hydrogens (tertiary/aromatic N) is 3. The lowest BCUT2D eigenvalue weighted by molar-refractivity contribution is -0.224. The number of aliphatic hydroxyl groups is 1. The van der Waals surface area contributed by atoms with E-state index in [-0.39, 0.29) is 6.61 Å². The van der Waals surface area contributed by atoms with Gasteiger partial charge >= 0.3 is 0 Å². The quantitative estimate of drug-likeness (QED) is 0.329. The molecule has 0 saturated carbocycles. The molecule has 5 atom stereocenters. The van der Waals surface area contributed by atoms with Crippen molar-refractivity contribution in [3.63, 3.8) is 0 Å². The number of rotatable bonds is 4. The minimum atomic E-state index is -3.66. The second kappa shape index (κ2) is 5.69. The van der Waals surface area contributed by atoms with Gasteiger partial charge in [0.15, 0.2) is 12.1 Å². The zero-order valence-corrected chi connectivity index (χ0v) is 12.6. The number of hydrogen-bond donors (Lipinski definition) is 1. The Bertz CT molecular complexity index is 545. The summed E-state index contributed by atoms with van der Waals surface area (Å²) in [7, 11) is -3.66. The molecule has 2 aliphatic heterocycles. The number of aliphatic hydroxyl groups excluding tert-OH is 1. The Labute approximate surface area is 121 Å². The molecule has 120 valence electrons. The summed E-state index contributed by atoms with van der Waals surface area (Å²) in [5.74, 6) is -0.977. The van der Waals surface area contributed by atoms with Gasteiger partial charge in [0.1, 0.15) is 24.4 Å². The van der Waals surface area contributed by atoms with Gasteiger partial charge in [-0.05, 0) is 19.4 Å². The molecule has 21 heavy (non-hydrogen) atoms. The Hall–Kier alpha value is -0.940. The Morgan fingerprint density at radius 1 is 1.38 bits per heavy atom. The average Bonchev–Trinajstić information content (AvgIpc) is 2.65. The maximum absolute atomic E-state index is 11.1. The molecule has 0 aliphatic carbocycles. The Morgan fingerprint density at radius 2 is 2.00 bits per heavy atom. The van der Waals surface area contributed by atoms with Gasteiger partial charge < -0.3 is 19.3 Å². The molecule has 1 N–H and O–H groups in total. The summed E-state index contributed by atoms with van der Waals surface area (Å²) in [4.78, 5) is 2.65. The predicted octanol–water partition coefficient (Wildman–Crippen LogP) is -0.121. The van der Waals surface area contributed by atoms with E-state index in [0.29, 0.717) is 0 Å². The van der Waals surface area contributed by atoms with Gasteiger partial charge in [-0.2, -0.15) is 8.42 Å². The van der Waals surface area contributed by atoms with Crippen LogP contribution in [-0.4, -0.2) is 62.8 Å². The van der Waals surface area contributed by atoms with Crippen molar-refractivity contribution in [2.24, 2.45) is 5.11 Å². The standard InChI is InChI=1S/C10H17N3O7S/c1-10(2)19-7-5(4-17-21(3,15)16)18-9(14)6(12-13-11)8(7)20-10/h5-9,14H,4H2,1-3H3/t5-,6-,7+,8-,9?/m1/s1. The van der Waals surface area contributed by atoms with E-state index in [1.54, 1.807) is 13.8 Å². The highest BCUT2D eigenvalue weighted by molar-refractivity contribution is 7.85. The van der Waals surface area contributed by atoms with Gasteiger partial charge in [0, 0.05) is 4.91 Å². The largest absolute Gasteiger partial charge is 0.367 e. The first kappa shape index (κ1) is 16.4. The summed E-state index contributed by atoms with van der Waals surface area (Å²) in [6.45, 7) is 2.97. The van der Waals surface area contributed by atoms with Crippen molar-refractivity contribution in [1.82, 2.24) is 0 Å². The molecule has 0 aromatic heterocycles. The van der Waals surface area contributed by atoms with Gasteiger partial charge in [0.25, 0.3) is 10.1 Å². The fraction of sp³-hybridized carbons (Fsp3) is 1.00. The van der Waals surface area contributed by atoms with Crippen LogP contribution in [0.1, 0.15) is 13.8 Å². The molecular formula is C10H17N3O7S. The van der Waals surface area contributed by atoms with Crippen molar-refractivity contribution in [2.45, 2.75) is 50.3 Å². The minimum Gasteiger partial charge on any atom is -0.367 e. The minimum absolute atomic E-state index is 0.334. The van der Waals surface area contributed by atoms with E-state index < -0.39 is 46.5 Å². The van der Waals surface area contributed by atoms with E-state index in [0.717, 1.165) is 6.26 Å². The van der Waals surface area contributed by atoms with Gasteiger partial charge in [0.05, 0.1) is 12.9 Å². The van der Waals surface area contributed by atoms with Crippen LogP contribution in [0.25, 0.3) is 10.4 Å². The van der Waals surface area contributed by atoms with Crippen LogP contribution in [0.5, 0.6) is 0 Å². The van der Waals surface area contributed by atoms with E-state index in [9.17, 15) is 13.5 Å². The molecule has 11 heteroatoms. The fourth-order valence-electron chi connectivity index (χ4n) is 2.38. The third-order valence-electron chi connectivity index (χ3n) is 3.10. The third-order valence-corrected chi connectivity index (χ3v) is 3.67. The van der Waals surface area contributed by atoms with E-state index in [4.69, 9.17) is 19.7 Å². The van der Waals surface area contributed by atoms with E-state index in [2.05, 4.69) is 14.2 Å². The maximum Gasteiger partial charge on any atom is 0.264 e. The highest BCUT2D eigenvalue weighted by Crippen LogP contribution is 2.38. The molecule has 2 aliphatic rings. The molecule has 2 saturated heterocycles. The van der Waals surface area contributed by atoms with Gasteiger partial charge in [-0.25, -0.2) is 0 Å². The van der Waals surface area contributed by atoms with Crippen molar-refractivity contribution < 1.29 is 31.9 Å². The molecule has 2 fully saturated rings. The van der Waals surface area contributed by atoms with Crippen LogP contribution in [0, 0.1) is 0 Å². The molecule has 0 amide bonds. The zero-order valence-electron chi connectivity index (χ0n) is 11.7. The molecule has 1 unspecified atom stereocenters. The molecule has 0 radical (unpaired) electrons. The number of hydrogen-bond acceptors (Lipinski definition) is 8. The second-order valence-corrected chi connectivity index (χ2v) is 6.96. The molecule has 10 nitrogen and oxygen atoms in total.